The van der Waals surface area contributed by atoms with Gasteiger partial charge in [0.1, 0.15) is 0 Å². The molecule has 0 bridgehead atoms. The van der Waals surface area contributed by atoms with E-state index in [1.807, 2.05) is 34.9 Å². The van der Waals surface area contributed by atoms with E-state index >= 15 is 0 Å². The molecule has 154 valence electrons. The number of methoxy groups -OCH3 is 1. The van der Waals surface area contributed by atoms with E-state index in [0.717, 1.165) is 17.7 Å². The first kappa shape index (κ1) is 21.2. The van der Waals surface area contributed by atoms with Gasteiger partial charge in [-0.3, -0.25) is 0 Å². The maximum atomic E-state index is 13.5. The van der Waals surface area contributed by atoms with Crippen molar-refractivity contribution in [3.8, 4) is 11.1 Å². The molecule has 0 N–H and O–H groups in total. The Bertz CT molecular complexity index is 1140. The predicted octanol–water partition coefficient (Wildman–Crippen LogP) is 6.18. The number of rotatable bonds is 4. The topological polar surface area (TPSA) is 35.6 Å². The predicted molar refractivity (Wildman–Crippen MR) is 107 cm³/mol. The molecular weight excluding hydrogens is 393 g/mol. The van der Waals surface area contributed by atoms with Gasteiger partial charge in [-0.05, 0) is 25.0 Å². The highest BCUT2D eigenvalue weighted by molar-refractivity contribution is 6.00. The Morgan fingerprint density at radius 2 is 1.77 bits per heavy atom. The van der Waals surface area contributed by atoms with Gasteiger partial charge in [0.15, 0.2) is 5.69 Å². The number of benzene rings is 2. The molecule has 30 heavy (non-hydrogen) atoms. The zero-order valence-corrected chi connectivity index (χ0v) is 16.7. The minimum atomic E-state index is -4.68. The van der Waals surface area contributed by atoms with Crippen molar-refractivity contribution in [2.24, 2.45) is 0 Å². The maximum Gasteiger partial charge on any atom is 0.407 e. The molecule has 2 aromatic carbocycles. The summed E-state index contributed by atoms with van der Waals surface area (Å²) in [5.74, 6) is -0.625. The maximum absolute atomic E-state index is 13.5. The van der Waals surface area contributed by atoms with Gasteiger partial charge in [-0.15, -0.1) is 0 Å². The van der Waals surface area contributed by atoms with Crippen molar-refractivity contribution in [3.63, 3.8) is 0 Å². The molecule has 0 aliphatic heterocycles. The lowest BCUT2D eigenvalue weighted by atomic mass is 9.97. The van der Waals surface area contributed by atoms with Crippen molar-refractivity contribution in [3.05, 3.63) is 88.0 Å². The third-order valence-electron chi connectivity index (χ3n) is 5.07. The van der Waals surface area contributed by atoms with E-state index in [0.29, 0.717) is 23.5 Å². The minimum Gasteiger partial charge on any atom is -0.465 e. The zero-order chi connectivity index (χ0) is 22.1. The lowest BCUT2D eigenvalue weighted by Crippen LogP contribution is -2.07. The zero-order valence-electron chi connectivity index (χ0n) is 16.7. The standard InChI is InChI=1S/C23H19F3N2O2/c1-14-20(17-10-11-19(27-3)18(12-17)23(24,25)26)21(22(29)30-4)15(2)28(14)13-16-8-6-5-7-9-16/h5-12H,13H2,1-2,4H3. The molecule has 4 nitrogen and oxygen atoms in total. The normalized spacial score (nSPS) is 11.2. The van der Waals surface area contributed by atoms with E-state index in [2.05, 4.69) is 4.85 Å². The Labute approximate surface area is 172 Å². The van der Waals surface area contributed by atoms with E-state index in [1.165, 1.54) is 13.2 Å². The summed E-state index contributed by atoms with van der Waals surface area (Å²) in [7, 11) is 1.23. The highest BCUT2D eigenvalue weighted by Gasteiger charge is 2.34. The summed E-state index contributed by atoms with van der Waals surface area (Å²) in [6.07, 6.45) is -4.68. The van der Waals surface area contributed by atoms with Crippen LogP contribution in [0.3, 0.4) is 0 Å². The number of ether oxygens (including phenoxy) is 1. The Morgan fingerprint density at radius 3 is 2.33 bits per heavy atom. The van der Waals surface area contributed by atoms with Crippen molar-refractivity contribution in [2.45, 2.75) is 26.6 Å². The molecule has 0 spiro atoms. The van der Waals surface area contributed by atoms with Crippen LogP contribution in [-0.4, -0.2) is 17.6 Å². The number of halogens is 3. The lowest BCUT2D eigenvalue weighted by Gasteiger charge is -2.13. The van der Waals surface area contributed by atoms with Crippen LogP contribution >= 0.6 is 0 Å². The molecule has 3 rings (SSSR count). The molecule has 1 aromatic heterocycles. The first-order valence-corrected chi connectivity index (χ1v) is 9.10. The number of nitrogens with zero attached hydrogens (tertiary/aromatic N) is 2. The molecule has 7 heteroatoms. The van der Waals surface area contributed by atoms with Crippen LogP contribution in [0.5, 0.6) is 0 Å². The van der Waals surface area contributed by atoms with Gasteiger partial charge in [0.2, 0.25) is 0 Å². The number of hydrogen-bond donors (Lipinski definition) is 0. The van der Waals surface area contributed by atoms with Crippen molar-refractivity contribution in [1.29, 1.82) is 0 Å². The summed E-state index contributed by atoms with van der Waals surface area (Å²) < 4.78 is 47.3. The number of aromatic nitrogens is 1. The summed E-state index contributed by atoms with van der Waals surface area (Å²) in [5, 5.41) is 0. The molecule has 0 unspecified atom stereocenters. The van der Waals surface area contributed by atoms with Gasteiger partial charge in [0, 0.05) is 23.5 Å². The van der Waals surface area contributed by atoms with Gasteiger partial charge in [0.05, 0.1) is 24.8 Å². The average Bonchev–Trinajstić information content (AvgIpc) is 2.97. The second-order valence-electron chi connectivity index (χ2n) is 6.83. The van der Waals surface area contributed by atoms with Gasteiger partial charge in [-0.25, -0.2) is 9.64 Å². The molecule has 0 aliphatic carbocycles. The minimum absolute atomic E-state index is 0.211. The summed E-state index contributed by atoms with van der Waals surface area (Å²) in [5.41, 5.74) is 1.51. The van der Waals surface area contributed by atoms with Gasteiger partial charge in [0.25, 0.3) is 0 Å². The Balaban J connectivity index is 2.26. The fraction of sp³-hybridized carbons (Fsp3) is 0.217. The van der Waals surface area contributed by atoms with E-state index in [-0.39, 0.29) is 11.1 Å². The second kappa shape index (κ2) is 8.07. The Morgan fingerprint density at radius 1 is 1.10 bits per heavy atom. The summed E-state index contributed by atoms with van der Waals surface area (Å²) in [6.45, 7) is 11.0. The fourth-order valence-corrected chi connectivity index (χ4v) is 3.61. The second-order valence-corrected chi connectivity index (χ2v) is 6.83. The summed E-state index contributed by atoms with van der Waals surface area (Å²) in [6, 6.07) is 13.0. The van der Waals surface area contributed by atoms with E-state index in [1.54, 1.807) is 13.8 Å². The SMILES string of the molecule is [C-]#[N+]c1ccc(-c2c(C(=O)OC)c(C)n(Cc3ccccc3)c2C)cc1C(F)(F)F. The first-order chi connectivity index (χ1) is 14.2. The van der Waals surface area contributed by atoms with E-state index < -0.39 is 23.4 Å². The van der Waals surface area contributed by atoms with Crippen LogP contribution in [0.2, 0.25) is 0 Å². The third kappa shape index (κ3) is 3.81. The van der Waals surface area contributed by atoms with Crippen LogP contribution in [0, 0.1) is 20.4 Å². The number of hydrogen-bond acceptors (Lipinski definition) is 2. The van der Waals surface area contributed by atoms with Crippen molar-refractivity contribution in [1.82, 2.24) is 4.57 Å². The quantitative estimate of drug-likeness (QED) is 0.379. The molecule has 3 aromatic rings. The smallest absolute Gasteiger partial charge is 0.407 e. The highest BCUT2D eigenvalue weighted by atomic mass is 19.4. The van der Waals surface area contributed by atoms with Crippen LogP contribution < -0.4 is 0 Å². The molecule has 0 aliphatic rings. The summed E-state index contributed by atoms with van der Waals surface area (Å²) >= 11 is 0. The Hall–Kier alpha value is -3.53. The number of alkyl halides is 3. The fourth-order valence-electron chi connectivity index (χ4n) is 3.61. The number of esters is 1. The van der Waals surface area contributed by atoms with Crippen LogP contribution in [0.1, 0.15) is 32.9 Å². The van der Waals surface area contributed by atoms with E-state index in [9.17, 15) is 18.0 Å². The van der Waals surface area contributed by atoms with Crippen molar-refractivity contribution >= 4 is 11.7 Å². The lowest BCUT2D eigenvalue weighted by molar-refractivity contribution is -0.136. The van der Waals surface area contributed by atoms with Crippen LogP contribution in [-0.2, 0) is 17.5 Å². The molecule has 0 atom stereocenters. The van der Waals surface area contributed by atoms with Gasteiger partial charge in [-0.1, -0.05) is 48.5 Å². The molecule has 0 amide bonds. The third-order valence-corrected chi connectivity index (χ3v) is 5.07. The van der Waals surface area contributed by atoms with Gasteiger partial charge in [-0.2, -0.15) is 13.2 Å². The number of carbonyl (C=O) groups is 1. The molecule has 0 fully saturated rings. The van der Waals surface area contributed by atoms with Crippen LogP contribution in [0.25, 0.3) is 16.0 Å². The van der Waals surface area contributed by atoms with Crippen LogP contribution in [0.4, 0.5) is 18.9 Å². The highest BCUT2D eigenvalue weighted by Crippen LogP contribution is 2.41. The molecule has 0 saturated heterocycles. The van der Waals surface area contributed by atoms with Crippen molar-refractivity contribution in [2.75, 3.05) is 7.11 Å². The van der Waals surface area contributed by atoms with Crippen LogP contribution in [0.15, 0.2) is 48.5 Å². The summed E-state index contributed by atoms with van der Waals surface area (Å²) in [4.78, 5) is 15.5. The average molecular weight is 412 g/mol. The van der Waals surface area contributed by atoms with Gasteiger partial charge < -0.3 is 9.30 Å². The molecular formula is C23H19F3N2O2. The molecule has 0 radical (unpaired) electrons. The number of carbonyl (C=O) groups excluding carboxylic acids is 1. The van der Waals surface area contributed by atoms with Gasteiger partial charge >= 0.3 is 12.1 Å². The first-order valence-electron chi connectivity index (χ1n) is 9.10. The van der Waals surface area contributed by atoms with E-state index in [4.69, 9.17) is 11.3 Å². The van der Waals surface area contributed by atoms with Crippen molar-refractivity contribution < 1.29 is 22.7 Å². The Kier molecular flexibility index (Phi) is 5.70. The molecule has 0 saturated carbocycles. The monoisotopic (exact) mass is 412 g/mol. The largest absolute Gasteiger partial charge is 0.465 e. The molecule has 1 heterocycles.